The number of rotatable bonds is 5. The molecule has 3 rings (SSSR count). The van der Waals surface area contributed by atoms with Crippen LogP contribution >= 0.6 is 11.3 Å². The van der Waals surface area contributed by atoms with E-state index >= 15 is 0 Å². The molecular weight excluding hydrogens is 332 g/mol. The summed E-state index contributed by atoms with van der Waals surface area (Å²) in [6.45, 7) is 0.586. The van der Waals surface area contributed by atoms with Gasteiger partial charge in [-0.3, -0.25) is 4.98 Å². The van der Waals surface area contributed by atoms with Crippen molar-refractivity contribution < 1.29 is 8.42 Å². The monoisotopic (exact) mass is 346 g/mol. The minimum absolute atomic E-state index is 0.284. The van der Waals surface area contributed by atoms with Crippen LogP contribution in [0.15, 0.2) is 53.1 Å². The smallest absolute Gasteiger partial charge is 0.175 e. The SMILES string of the molecule is CS(=O)(=O)c1ccc(-c2cncc(NCc3nccs3)n2)cc1. The highest BCUT2D eigenvalue weighted by molar-refractivity contribution is 7.90. The van der Waals surface area contributed by atoms with Crippen LogP contribution in [0.5, 0.6) is 0 Å². The van der Waals surface area contributed by atoms with Crippen molar-refractivity contribution in [2.45, 2.75) is 11.4 Å². The molecule has 2 aromatic heterocycles. The molecule has 0 unspecified atom stereocenters. The molecule has 0 aliphatic rings. The average Bonchev–Trinajstić information content (AvgIpc) is 3.06. The Kier molecular flexibility index (Phi) is 4.35. The van der Waals surface area contributed by atoms with E-state index in [9.17, 15) is 8.42 Å². The van der Waals surface area contributed by atoms with Gasteiger partial charge in [-0.1, -0.05) is 12.1 Å². The molecular formula is C15H14N4O2S2. The van der Waals surface area contributed by atoms with Crippen LogP contribution in [0.25, 0.3) is 11.3 Å². The molecule has 0 aliphatic carbocycles. The molecule has 6 nitrogen and oxygen atoms in total. The molecule has 0 spiro atoms. The Morgan fingerprint density at radius 1 is 1.17 bits per heavy atom. The van der Waals surface area contributed by atoms with E-state index in [-0.39, 0.29) is 4.90 Å². The Balaban J connectivity index is 1.79. The van der Waals surface area contributed by atoms with E-state index in [4.69, 9.17) is 0 Å². The van der Waals surface area contributed by atoms with Crippen LogP contribution in [0.2, 0.25) is 0 Å². The molecule has 23 heavy (non-hydrogen) atoms. The van der Waals surface area contributed by atoms with Crippen molar-refractivity contribution >= 4 is 27.0 Å². The molecule has 118 valence electrons. The number of anilines is 1. The molecule has 2 heterocycles. The number of hydrogen-bond acceptors (Lipinski definition) is 7. The number of nitrogens with zero attached hydrogens (tertiary/aromatic N) is 3. The van der Waals surface area contributed by atoms with Gasteiger partial charge >= 0.3 is 0 Å². The summed E-state index contributed by atoms with van der Waals surface area (Å²) in [6.07, 6.45) is 6.23. The number of sulfone groups is 1. The third-order valence-corrected chi connectivity index (χ3v) is 5.03. The Labute approximate surface area is 138 Å². The fourth-order valence-corrected chi connectivity index (χ4v) is 3.16. The Morgan fingerprint density at radius 2 is 1.96 bits per heavy atom. The van der Waals surface area contributed by atoms with Gasteiger partial charge in [-0.2, -0.15) is 0 Å². The number of thiazole rings is 1. The van der Waals surface area contributed by atoms with Gasteiger partial charge in [0.2, 0.25) is 0 Å². The van der Waals surface area contributed by atoms with Crippen molar-refractivity contribution in [1.82, 2.24) is 15.0 Å². The van der Waals surface area contributed by atoms with E-state index in [0.717, 1.165) is 10.6 Å². The Bertz CT molecular complexity index is 891. The van der Waals surface area contributed by atoms with Crippen molar-refractivity contribution in [2.75, 3.05) is 11.6 Å². The van der Waals surface area contributed by atoms with Crippen molar-refractivity contribution in [3.8, 4) is 11.3 Å². The lowest BCUT2D eigenvalue weighted by atomic mass is 10.2. The summed E-state index contributed by atoms with van der Waals surface area (Å²) in [4.78, 5) is 13.1. The predicted octanol–water partition coefficient (Wildman–Crippen LogP) is 2.62. The third-order valence-electron chi connectivity index (χ3n) is 3.12. The Morgan fingerprint density at radius 3 is 2.61 bits per heavy atom. The van der Waals surface area contributed by atoms with Crippen molar-refractivity contribution in [2.24, 2.45) is 0 Å². The molecule has 8 heteroatoms. The average molecular weight is 346 g/mol. The van der Waals surface area contributed by atoms with E-state index in [0.29, 0.717) is 18.1 Å². The van der Waals surface area contributed by atoms with Gasteiger partial charge < -0.3 is 5.32 Å². The fourth-order valence-electron chi connectivity index (χ4n) is 1.97. The topological polar surface area (TPSA) is 84.8 Å². The van der Waals surface area contributed by atoms with E-state index < -0.39 is 9.84 Å². The van der Waals surface area contributed by atoms with Crippen LogP contribution in [0.1, 0.15) is 5.01 Å². The predicted molar refractivity (Wildman–Crippen MR) is 90.0 cm³/mol. The van der Waals surface area contributed by atoms with E-state index in [2.05, 4.69) is 20.3 Å². The molecule has 0 fully saturated rings. The third kappa shape index (κ3) is 3.91. The number of hydrogen-bond donors (Lipinski definition) is 1. The molecule has 0 saturated carbocycles. The highest BCUT2D eigenvalue weighted by Crippen LogP contribution is 2.20. The van der Waals surface area contributed by atoms with E-state index in [1.165, 1.54) is 6.26 Å². The van der Waals surface area contributed by atoms with Crippen LogP contribution in [0, 0.1) is 0 Å². The van der Waals surface area contributed by atoms with E-state index in [1.54, 1.807) is 54.2 Å². The molecule has 3 aromatic rings. The highest BCUT2D eigenvalue weighted by atomic mass is 32.2. The molecule has 0 saturated heterocycles. The van der Waals surface area contributed by atoms with Crippen LogP contribution < -0.4 is 5.32 Å². The van der Waals surface area contributed by atoms with Crippen molar-refractivity contribution in [3.63, 3.8) is 0 Å². The first-order valence-electron chi connectivity index (χ1n) is 6.77. The number of benzene rings is 1. The molecule has 1 N–H and O–H groups in total. The minimum Gasteiger partial charge on any atom is -0.362 e. The first-order chi connectivity index (χ1) is 11.0. The maximum absolute atomic E-state index is 11.5. The minimum atomic E-state index is -3.20. The molecule has 0 amide bonds. The van der Waals surface area contributed by atoms with Crippen molar-refractivity contribution in [1.29, 1.82) is 0 Å². The zero-order valence-electron chi connectivity index (χ0n) is 12.3. The molecule has 1 aromatic carbocycles. The maximum atomic E-state index is 11.5. The lowest BCUT2D eigenvalue weighted by Crippen LogP contribution is -2.02. The number of aromatic nitrogens is 3. The van der Waals surface area contributed by atoms with Gasteiger partial charge in [0.1, 0.15) is 10.8 Å². The first-order valence-corrected chi connectivity index (χ1v) is 9.54. The second-order valence-electron chi connectivity index (χ2n) is 4.87. The zero-order valence-corrected chi connectivity index (χ0v) is 13.9. The Hall–Kier alpha value is -2.32. The quantitative estimate of drug-likeness (QED) is 0.764. The van der Waals surface area contributed by atoms with Crippen LogP contribution in [-0.4, -0.2) is 29.6 Å². The van der Waals surface area contributed by atoms with Crippen LogP contribution in [0.4, 0.5) is 5.82 Å². The summed E-state index contributed by atoms with van der Waals surface area (Å²) >= 11 is 1.57. The largest absolute Gasteiger partial charge is 0.362 e. The summed E-state index contributed by atoms with van der Waals surface area (Å²) in [5.41, 5.74) is 1.48. The second-order valence-corrected chi connectivity index (χ2v) is 7.86. The standard InChI is InChI=1S/C15H14N4O2S2/c1-23(20,21)12-4-2-11(3-5-12)13-8-16-9-14(19-13)18-10-15-17-6-7-22-15/h2-9H,10H2,1H3,(H,18,19). The zero-order chi connectivity index (χ0) is 16.3. The van der Waals surface area contributed by atoms with Crippen LogP contribution in [0.3, 0.4) is 0 Å². The summed E-state index contributed by atoms with van der Waals surface area (Å²) in [5, 5.41) is 6.06. The second kappa shape index (κ2) is 6.43. The van der Waals surface area contributed by atoms with E-state index in [1.807, 2.05) is 5.38 Å². The fraction of sp³-hybridized carbons (Fsp3) is 0.133. The summed E-state index contributed by atoms with van der Waals surface area (Å²) < 4.78 is 23.0. The lowest BCUT2D eigenvalue weighted by Gasteiger charge is -2.06. The summed E-state index contributed by atoms with van der Waals surface area (Å²) in [7, 11) is -3.20. The summed E-state index contributed by atoms with van der Waals surface area (Å²) in [5.74, 6) is 0.643. The van der Waals surface area contributed by atoms with Gasteiger partial charge in [-0.25, -0.2) is 18.4 Å². The normalized spacial score (nSPS) is 11.3. The molecule has 0 aliphatic heterocycles. The molecule has 0 radical (unpaired) electrons. The van der Waals surface area contributed by atoms with Gasteiger partial charge in [-0.05, 0) is 12.1 Å². The van der Waals surface area contributed by atoms with Gasteiger partial charge in [-0.15, -0.1) is 11.3 Å². The van der Waals surface area contributed by atoms with Gasteiger partial charge in [0.05, 0.1) is 29.5 Å². The van der Waals surface area contributed by atoms with Crippen molar-refractivity contribution in [3.05, 3.63) is 53.2 Å². The summed E-state index contributed by atoms with van der Waals surface area (Å²) in [6, 6.07) is 6.60. The lowest BCUT2D eigenvalue weighted by molar-refractivity contribution is 0.602. The van der Waals surface area contributed by atoms with Gasteiger partial charge in [0, 0.05) is 23.4 Å². The molecule has 0 atom stereocenters. The maximum Gasteiger partial charge on any atom is 0.175 e. The highest BCUT2D eigenvalue weighted by Gasteiger charge is 2.08. The van der Waals surface area contributed by atoms with Crippen LogP contribution in [-0.2, 0) is 16.4 Å². The van der Waals surface area contributed by atoms with Gasteiger partial charge in [0.15, 0.2) is 9.84 Å². The first kappa shape index (κ1) is 15.6. The number of nitrogens with one attached hydrogen (secondary N) is 1. The molecule has 0 bridgehead atoms. The van der Waals surface area contributed by atoms with Gasteiger partial charge in [0.25, 0.3) is 0 Å².